The number of rotatable bonds is 9. The first-order valence-corrected chi connectivity index (χ1v) is 11.0. The molecule has 1 heterocycles. The molecular weight excluding hydrogens is 388 g/mol. The van der Waals surface area contributed by atoms with Crippen LogP contribution in [0.25, 0.3) is 0 Å². The van der Waals surface area contributed by atoms with Crippen molar-refractivity contribution in [3.63, 3.8) is 0 Å². The molecule has 1 saturated heterocycles. The SMILES string of the molecule is O=C(C[NH+]1CCN(c2ccc([N+](=O)[O-])cc2)CC1)NCCSCc1ccccc1. The fraction of sp³-hybridized carbons (Fsp3) is 0.381. The number of quaternary nitrogens is 1. The van der Waals surface area contributed by atoms with Crippen molar-refractivity contribution < 1.29 is 14.6 Å². The molecule has 8 heteroatoms. The molecule has 0 atom stereocenters. The zero-order valence-corrected chi connectivity index (χ0v) is 17.2. The Bertz CT molecular complexity index is 793. The van der Waals surface area contributed by atoms with Crippen LogP contribution in [-0.4, -0.2) is 55.9 Å². The molecule has 1 amide bonds. The van der Waals surface area contributed by atoms with Crippen molar-refractivity contribution in [1.29, 1.82) is 0 Å². The van der Waals surface area contributed by atoms with Gasteiger partial charge in [0.05, 0.1) is 31.1 Å². The molecule has 1 fully saturated rings. The van der Waals surface area contributed by atoms with Crippen molar-refractivity contribution >= 4 is 29.0 Å². The van der Waals surface area contributed by atoms with E-state index in [1.54, 1.807) is 12.1 Å². The number of hydrogen-bond acceptors (Lipinski definition) is 5. The van der Waals surface area contributed by atoms with Crippen LogP contribution in [0.2, 0.25) is 0 Å². The second-order valence-corrected chi connectivity index (χ2v) is 8.18. The molecule has 2 aromatic carbocycles. The van der Waals surface area contributed by atoms with Gasteiger partial charge in [0, 0.05) is 35.9 Å². The van der Waals surface area contributed by atoms with Gasteiger partial charge in [0.15, 0.2) is 6.54 Å². The number of amides is 1. The number of anilines is 1. The van der Waals surface area contributed by atoms with Crippen LogP contribution in [0.4, 0.5) is 11.4 Å². The molecule has 154 valence electrons. The highest BCUT2D eigenvalue weighted by atomic mass is 32.2. The summed E-state index contributed by atoms with van der Waals surface area (Å²) in [6.07, 6.45) is 0. The maximum atomic E-state index is 12.2. The molecule has 0 saturated carbocycles. The third-order valence-electron chi connectivity index (χ3n) is 4.99. The molecule has 1 aliphatic heterocycles. The van der Waals surface area contributed by atoms with Gasteiger partial charge in [0.2, 0.25) is 0 Å². The summed E-state index contributed by atoms with van der Waals surface area (Å²) in [4.78, 5) is 26.0. The summed E-state index contributed by atoms with van der Waals surface area (Å²) in [5.74, 6) is 1.97. The monoisotopic (exact) mass is 415 g/mol. The fourth-order valence-corrected chi connectivity index (χ4v) is 4.18. The minimum absolute atomic E-state index is 0.101. The molecule has 29 heavy (non-hydrogen) atoms. The maximum Gasteiger partial charge on any atom is 0.275 e. The van der Waals surface area contributed by atoms with Gasteiger partial charge in [0.1, 0.15) is 0 Å². The van der Waals surface area contributed by atoms with Gasteiger partial charge >= 0.3 is 0 Å². The number of nitrogens with one attached hydrogen (secondary N) is 2. The van der Waals surface area contributed by atoms with Crippen molar-refractivity contribution in [1.82, 2.24) is 5.32 Å². The number of benzene rings is 2. The Kier molecular flexibility index (Phi) is 7.89. The van der Waals surface area contributed by atoms with Gasteiger partial charge < -0.3 is 15.1 Å². The normalized spacial score (nSPS) is 14.6. The number of nitro groups is 1. The standard InChI is InChI=1S/C21H26N4O3S/c26-21(22-10-15-29-17-18-4-2-1-3-5-18)16-23-11-13-24(14-12-23)19-6-8-20(9-7-19)25(27)28/h1-9H,10-17H2,(H,22,26)/p+1. The number of piperazine rings is 1. The average Bonchev–Trinajstić information content (AvgIpc) is 2.75. The van der Waals surface area contributed by atoms with Crippen molar-refractivity contribution in [3.05, 3.63) is 70.3 Å². The topological polar surface area (TPSA) is 79.9 Å². The molecule has 3 rings (SSSR count). The number of carbonyl (C=O) groups is 1. The zero-order valence-electron chi connectivity index (χ0n) is 16.4. The summed E-state index contributed by atoms with van der Waals surface area (Å²) in [5.41, 5.74) is 2.41. The Hall–Kier alpha value is -2.58. The largest absolute Gasteiger partial charge is 0.360 e. The molecule has 0 spiro atoms. The highest BCUT2D eigenvalue weighted by molar-refractivity contribution is 7.98. The van der Waals surface area contributed by atoms with Crippen LogP contribution >= 0.6 is 11.8 Å². The number of carbonyl (C=O) groups excluding carboxylic acids is 1. The van der Waals surface area contributed by atoms with Crippen LogP contribution in [0.15, 0.2) is 54.6 Å². The zero-order chi connectivity index (χ0) is 20.5. The van der Waals surface area contributed by atoms with Crippen LogP contribution in [0.1, 0.15) is 5.56 Å². The molecule has 2 aromatic rings. The van der Waals surface area contributed by atoms with Gasteiger partial charge in [-0.3, -0.25) is 14.9 Å². The Morgan fingerprint density at radius 3 is 2.45 bits per heavy atom. The molecule has 0 aromatic heterocycles. The minimum Gasteiger partial charge on any atom is -0.360 e. The van der Waals surface area contributed by atoms with Crippen molar-refractivity contribution in [3.8, 4) is 0 Å². The van der Waals surface area contributed by atoms with Crippen LogP contribution in [-0.2, 0) is 10.5 Å². The second-order valence-electron chi connectivity index (χ2n) is 7.08. The number of nitro benzene ring substituents is 1. The lowest BCUT2D eigenvalue weighted by atomic mass is 10.2. The van der Waals surface area contributed by atoms with E-state index in [-0.39, 0.29) is 16.5 Å². The Morgan fingerprint density at radius 1 is 1.10 bits per heavy atom. The fourth-order valence-electron chi connectivity index (χ4n) is 3.36. The van der Waals surface area contributed by atoms with Gasteiger partial charge in [-0.2, -0.15) is 11.8 Å². The first kappa shape index (κ1) is 21.1. The first-order valence-electron chi connectivity index (χ1n) is 9.83. The number of nitrogens with zero attached hydrogens (tertiary/aromatic N) is 2. The van der Waals surface area contributed by atoms with Crippen LogP contribution < -0.4 is 15.1 Å². The van der Waals surface area contributed by atoms with E-state index in [0.29, 0.717) is 13.1 Å². The number of hydrogen-bond donors (Lipinski definition) is 2. The van der Waals surface area contributed by atoms with Gasteiger partial charge in [0.25, 0.3) is 11.6 Å². The number of non-ortho nitro benzene ring substituents is 1. The van der Waals surface area contributed by atoms with E-state index in [4.69, 9.17) is 0 Å². The lowest BCUT2D eigenvalue weighted by molar-refractivity contribution is -0.892. The molecule has 0 bridgehead atoms. The molecule has 2 N–H and O–H groups in total. The van der Waals surface area contributed by atoms with E-state index in [0.717, 1.165) is 43.4 Å². The Morgan fingerprint density at radius 2 is 1.79 bits per heavy atom. The van der Waals surface area contributed by atoms with Crippen LogP contribution in [0.3, 0.4) is 0 Å². The highest BCUT2D eigenvalue weighted by Gasteiger charge is 2.22. The molecule has 7 nitrogen and oxygen atoms in total. The Balaban J connectivity index is 1.30. The molecule has 0 aliphatic carbocycles. The summed E-state index contributed by atoms with van der Waals surface area (Å²) in [7, 11) is 0. The summed E-state index contributed by atoms with van der Waals surface area (Å²) >= 11 is 1.82. The predicted octanol–water partition coefficient (Wildman–Crippen LogP) is 1.35. The second kappa shape index (κ2) is 10.8. The van der Waals surface area contributed by atoms with Crippen molar-refractivity contribution in [2.45, 2.75) is 5.75 Å². The van der Waals surface area contributed by atoms with Gasteiger partial charge in [-0.05, 0) is 17.7 Å². The number of thioether (sulfide) groups is 1. The summed E-state index contributed by atoms with van der Waals surface area (Å²) in [5, 5.41) is 13.8. The van der Waals surface area contributed by atoms with E-state index >= 15 is 0 Å². The maximum absolute atomic E-state index is 12.2. The molecule has 0 radical (unpaired) electrons. The van der Waals surface area contributed by atoms with E-state index in [1.807, 2.05) is 30.0 Å². The predicted molar refractivity (Wildman–Crippen MR) is 116 cm³/mol. The minimum atomic E-state index is -0.384. The summed E-state index contributed by atoms with van der Waals surface area (Å²) in [6, 6.07) is 17.0. The van der Waals surface area contributed by atoms with Crippen LogP contribution in [0.5, 0.6) is 0 Å². The van der Waals surface area contributed by atoms with E-state index in [2.05, 4.69) is 22.3 Å². The molecule has 1 aliphatic rings. The van der Waals surface area contributed by atoms with E-state index < -0.39 is 0 Å². The average molecular weight is 416 g/mol. The van der Waals surface area contributed by atoms with Crippen molar-refractivity contribution in [2.75, 3.05) is 49.9 Å². The molecule has 0 unspecified atom stereocenters. The quantitative estimate of drug-likeness (QED) is 0.367. The third kappa shape index (κ3) is 6.76. The first-order chi connectivity index (χ1) is 14.1. The van der Waals surface area contributed by atoms with Crippen molar-refractivity contribution in [2.24, 2.45) is 0 Å². The van der Waals surface area contributed by atoms with E-state index in [1.165, 1.54) is 22.6 Å². The summed E-state index contributed by atoms with van der Waals surface area (Å²) in [6.45, 7) is 4.64. The van der Waals surface area contributed by atoms with Crippen LogP contribution in [0, 0.1) is 10.1 Å². The Labute approximate surface area is 175 Å². The lowest BCUT2D eigenvalue weighted by Crippen LogP contribution is -3.16. The molecular formula is C21H27N4O3S+. The van der Waals surface area contributed by atoms with Gasteiger partial charge in [-0.15, -0.1) is 0 Å². The smallest absolute Gasteiger partial charge is 0.275 e. The summed E-state index contributed by atoms with van der Waals surface area (Å²) < 4.78 is 0. The highest BCUT2D eigenvalue weighted by Crippen LogP contribution is 2.19. The lowest BCUT2D eigenvalue weighted by Gasteiger charge is -2.33. The third-order valence-corrected chi connectivity index (χ3v) is 6.02. The van der Waals surface area contributed by atoms with Gasteiger partial charge in [-0.1, -0.05) is 30.3 Å². The van der Waals surface area contributed by atoms with Gasteiger partial charge in [-0.25, -0.2) is 0 Å². The van der Waals surface area contributed by atoms with E-state index in [9.17, 15) is 14.9 Å².